The summed E-state index contributed by atoms with van der Waals surface area (Å²) in [5.74, 6) is 0.826. The van der Waals surface area contributed by atoms with Gasteiger partial charge in [-0.25, -0.2) is 0 Å². The van der Waals surface area contributed by atoms with E-state index in [1.807, 2.05) is 6.92 Å². The monoisotopic (exact) mass is 347 g/mol. The third-order valence-electron chi connectivity index (χ3n) is 3.40. The van der Waals surface area contributed by atoms with Gasteiger partial charge in [-0.05, 0) is 31.3 Å². The van der Waals surface area contributed by atoms with E-state index in [1.165, 1.54) is 22.0 Å². The number of likely N-dealkylation sites (N-methyl/N-ethyl adjacent to an activating group) is 1. The number of aromatic nitrogens is 2. The fourth-order valence-electron chi connectivity index (χ4n) is 2.25. The van der Waals surface area contributed by atoms with Crippen LogP contribution in [0.1, 0.15) is 18.4 Å². The van der Waals surface area contributed by atoms with Crippen LogP contribution in [-0.2, 0) is 11.3 Å². The standard InChI is InChI=1S/C14H13N5O4S/c1-2-18-13(20)12(16-14(18)24)5-10-3-4-11(23-10)8-17-7-9(6-15-17)19(21)22/h3-7H,2,8H2,1H3,(H,16,24)/b12-5+. The molecule has 2 aromatic heterocycles. The maximum Gasteiger partial charge on any atom is 0.307 e. The second-order valence-electron chi connectivity index (χ2n) is 4.99. The molecule has 3 heterocycles. The average Bonchev–Trinajstić information content (AvgIpc) is 3.22. The van der Waals surface area contributed by atoms with Gasteiger partial charge in [0.25, 0.3) is 5.91 Å². The Balaban J connectivity index is 1.74. The third-order valence-corrected chi connectivity index (χ3v) is 3.72. The summed E-state index contributed by atoms with van der Waals surface area (Å²) in [7, 11) is 0. The minimum absolute atomic E-state index is 0.0854. The van der Waals surface area contributed by atoms with Crippen molar-refractivity contribution in [3.05, 3.63) is 51.9 Å². The van der Waals surface area contributed by atoms with E-state index in [1.54, 1.807) is 18.2 Å². The van der Waals surface area contributed by atoms with Crippen molar-refractivity contribution in [2.45, 2.75) is 13.5 Å². The predicted molar refractivity (Wildman–Crippen MR) is 87.8 cm³/mol. The second-order valence-corrected chi connectivity index (χ2v) is 5.38. The van der Waals surface area contributed by atoms with Gasteiger partial charge >= 0.3 is 5.69 Å². The lowest BCUT2D eigenvalue weighted by molar-refractivity contribution is -0.385. The molecule has 1 aliphatic heterocycles. The van der Waals surface area contributed by atoms with Crippen LogP contribution in [0.4, 0.5) is 5.69 Å². The third kappa shape index (κ3) is 3.04. The summed E-state index contributed by atoms with van der Waals surface area (Å²) in [6, 6.07) is 3.42. The van der Waals surface area contributed by atoms with Crippen LogP contribution in [-0.4, -0.2) is 37.2 Å². The molecule has 1 aliphatic rings. The molecule has 0 spiro atoms. The van der Waals surface area contributed by atoms with Crippen LogP contribution in [0.3, 0.4) is 0 Å². The summed E-state index contributed by atoms with van der Waals surface area (Å²) in [6.45, 7) is 2.57. The van der Waals surface area contributed by atoms with Gasteiger partial charge in [0, 0.05) is 12.6 Å². The van der Waals surface area contributed by atoms with Gasteiger partial charge in [0.15, 0.2) is 5.11 Å². The summed E-state index contributed by atoms with van der Waals surface area (Å²) in [4.78, 5) is 23.7. The molecule has 9 nitrogen and oxygen atoms in total. The van der Waals surface area contributed by atoms with Crippen molar-refractivity contribution in [1.29, 1.82) is 0 Å². The van der Waals surface area contributed by atoms with Crippen LogP contribution in [0.5, 0.6) is 0 Å². The Labute approximate surface area is 141 Å². The van der Waals surface area contributed by atoms with Crippen molar-refractivity contribution >= 4 is 35.0 Å². The number of carbonyl (C=O) groups excluding carboxylic acids is 1. The number of nitrogens with zero attached hydrogens (tertiary/aromatic N) is 4. The highest BCUT2D eigenvalue weighted by Crippen LogP contribution is 2.17. The van der Waals surface area contributed by atoms with Gasteiger partial charge in [0.05, 0.1) is 11.5 Å². The van der Waals surface area contributed by atoms with E-state index in [9.17, 15) is 14.9 Å². The zero-order valence-electron chi connectivity index (χ0n) is 12.6. The number of rotatable bonds is 5. The van der Waals surface area contributed by atoms with E-state index in [2.05, 4.69) is 10.4 Å². The maximum atomic E-state index is 12.1. The van der Waals surface area contributed by atoms with Crippen LogP contribution in [0, 0.1) is 10.1 Å². The van der Waals surface area contributed by atoms with E-state index >= 15 is 0 Å². The summed E-state index contributed by atoms with van der Waals surface area (Å²) in [6.07, 6.45) is 4.06. The van der Waals surface area contributed by atoms with Crippen LogP contribution >= 0.6 is 12.2 Å². The normalized spacial score (nSPS) is 16.0. The van der Waals surface area contributed by atoms with Crippen molar-refractivity contribution in [1.82, 2.24) is 20.0 Å². The Bertz CT molecular complexity index is 853. The molecule has 24 heavy (non-hydrogen) atoms. The van der Waals surface area contributed by atoms with Crippen LogP contribution in [0.2, 0.25) is 0 Å². The number of hydrogen-bond donors (Lipinski definition) is 1. The molecule has 0 aromatic carbocycles. The number of thiocarbonyl (C=S) groups is 1. The maximum absolute atomic E-state index is 12.1. The lowest BCUT2D eigenvalue weighted by Gasteiger charge is -2.08. The van der Waals surface area contributed by atoms with Gasteiger partial charge in [0.1, 0.15) is 29.6 Å². The molecule has 0 saturated carbocycles. The molecule has 124 valence electrons. The average molecular weight is 347 g/mol. The molecule has 10 heteroatoms. The van der Waals surface area contributed by atoms with Gasteiger partial charge in [-0.15, -0.1) is 0 Å². The molecule has 2 aromatic rings. The summed E-state index contributed by atoms with van der Waals surface area (Å²) >= 11 is 5.08. The Hall–Kier alpha value is -3.01. The highest BCUT2D eigenvalue weighted by atomic mass is 32.1. The van der Waals surface area contributed by atoms with E-state index in [0.29, 0.717) is 28.9 Å². The first kappa shape index (κ1) is 15.9. The SMILES string of the molecule is CCN1C(=O)/C(=C\c2ccc(Cn3cc([N+](=O)[O-])cn3)o2)NC1=S. The minimum atomic E-state index is -0.513. The van der Waals surface area contributed by atoms with E-state index in [4.69, 9.17) is 16.6 Å². The Kier molecular flexibility index (Phi) is 4.13. The molecule has 0 atom stereocenters. The molecule has 1 amide bonds. The van der Waals surface area contributed by atoms with Gasteiger partial charge in [0.2, 0.25) is 0 Å². The molecule has 1 saturated heterocycles. The summed E-state index contributed by atoms with van der Waals surface area (Å²) in [5, 5.41) is 17.7. The molecule has 0 bridgehead atoms. The van der Waals surface area contributed by atoms with Gasteiger partial charge < -0.3 is 9.73 Å². The van der Waals surface area contributed by atoms with Crippen LogP contribution in [0.15, 0.2) is 34.6 Å². The molecule has 0 radical (unpaired) electrons. The molecule has 1 N–H and O–H groups in total. The number of hydrogen-bond acceptors (Lipinski definition) is 6. The number of nitrogens with one attached hydrogen (secondary N) is 1. The molecular weight excluding hydrogens is 334 g/mol. The lowest BCUT2D eigenvalue weighted by atomic mass is 10.3. The lowest BCUT2D eigenvalue weighted by Crippen LogP contribution is -2.30. The highest BCUT2D eigenvalue weighted by Gasteiger charge is 2.29. The first-order valence-corrected chi connectivity index (χ1v) is 7.49. The quantitative estimate of drug-likeness (QED) is 0.378. The number of carbonyl (C=O) groups is 1. The van der Waals surface area contributed by atoms with Gasteiger partial charge in [-0.3, -0.25) is 24.5 Å². The highest BCUT2D eigenvalue weighted by molar-refractivity contribution is 7.80. The van der Waals surface area contributed by atoms with Crippen molar-refractivity contribution in [2.24, 2.45) is 0 Å². The fraction of sp³-hybridized carbons (Fsp3) is 0.214. The molecule has 1 fully saturated rings. The molecular formula is C14H13N5O4S. The smallest absolute Gasteiger partial charge is 0.307 e. The molecule has 3 rings (SSSR count). The van der Waals surface area contributed by atoms with E-state index in [0.717, 1.165) is 0 Å². The molecule has 0 aliphatic carbocycles. The van der Waals surface area contributed by atoms with Crippen molar-refractivity contribution < 1.29 is 14.1 Å². The summed E-state index contributed by atoms with van der Waals surface area (Å²) < 4.78 is 7.01. The van der Waals surface area contributed by atoms with E-state index in [-0.39, 0.29) is 18.1 Å². The zero-order chi connectivity index (χ0) is 17.3. The zero-order valence-corrected chi connectivity index (χ0v) is 13.4. The van der Waals surface area contributed by atoms with Crippen LogP contribution in [0.25, 0.3) is 6.08 Å². The predicted octanol–water partition coefficient (Wildman–Crippen LogP) is 1.51. The van der Waals surface area contributed by atoms with E-state index < -0.39 is 4.92 Å². The Morgan fingerprint density at radius 1 is 1.50 bits per heavy atom. The Morgan fingerprint density at radius 2 is 2.29 bits per heavy atom. The first-order valence-electron chi connectivity index (χ1n) is 7.08. The van der Waals surface area contributed by atoms with Gasteiger partial charge in [-0.1, -0.05) is 0 Å². The number of amides is 1. The van der Waals surface area contributed by atoms with Crippen LogP contribution < -0.4 is 5.32 Å². The number of nitro groups is 1. The molecule has 0 unspecified atom stereocenters. The topological polar surface area (TPSA) is 106 Å². The van der Waals surface area contributed by atoms with Crippen molar-refractivity contribution in [2.75, 3.05) is 6.54 Å². The minimum Gasteiger partial charge on any atom is -0.460 e. The fourth-order valence-corrected chi connectivity index (χ4v) is 2.57. The summed E-state index contributed by atoms with van der Waals surface area (Å²) in [5.41, 5.74) is 0.260. The van der Waals surface area contributed by atoms with Gasteiger partial charge in [-0.2, -0.15) is 5.10 Å². The number of furan rings is 1. The second kappa shape index (κ2) is 6.24. The largest absolute Gasteiger partial charge is 0.460 e. The van der Waals surface area contributed by atoms with Crippen molar-refractivity contribution in [3.8, 4) is 0 Å². The van der Waals surface area contributed by atoms with Crippen molar-refractivity contribution in [3.63, 3.8) is 0 Å². The first-order chi connectivity index (χ1) is 11.5. The Morgan fingerprint density at radius 3 is 2.92 bits per heavy atom.